The minimum Gasteiger partial charge on any atom is -0.377 e. The minimum absolute atomic E-state index is 0.771. The molecule has 1 aromatic carbocycles. The number of ether oxygens (including phenoxy) is 1. The van der Waals surface area contributed by atoms with Gasteiger partial charge in [0.1, 0.15) is 0 Å². The fourth-order valence-electron chi connectivity index (χ4n) is 2.63. The summed E-state index contributed by atoms with van der Waals surface area (Å²) in [7, 11) is 0. The van der Waals surface area contributed by atoms with Crippen LogP contribution in [0.2, 0.25) is 0 Å². The summed E-state index contributed by atoms with van der Waals surface area (Å²) in [5, 5.41) is 3.58. The average molecular weight is 259 g/mol. The van der Waals surface area contributed by atoms with Gasteiger partial charge in [-0.05, 0) is 36.3 Å². The Morgan fingerprint density at radius 3 is 2.53 bits per heavy atom. The molecule has 104 valence electrons. The van der Waals surface area contributed by atoms with Crippen LogP contribution in [0.5, 0.6) is 0 Å². The van der Waals surface area contributed by atoms with Gasteiger partial charge >= 0.3 is 0 Å². The monoisotopic (exact) mass is 259 g/mol. The largest absolute Gasteiger partial charge is 0.377 e. The molecule has 2 fully saturated rings. The second kappa shape index (κ2) is 6.53. The Hall–Kier alpha value is -0.860. The van der Waals surface area contributed by atoms with Crippen molar-refractivity contribution in [1.82, 2.24) is 5.32 Å². The van der Waals surface area contributed by atoms with E-state index < -0.39 is 0 Å². The Morgan fingerprint density at radius 1 is 1.05 bits per heavy atom. The molecule has 3 rings (SSSR count). The van der Waals surface area contributed by atoms with Gasteiger partial charge in [0.25, 0.3) is 0 Å². The second-order valence-electron chi connectivity index (χ2n) is 6.06. The van der Waals surface area contributed by atoms with Gasteiger partial charge in [0.2, 0.25) is 0 Å². The van der Waals surface area contributed by atoms with E-state index in [1.54, 1.807) is 0 Å². The first-order chi connectivity index (χ1) is 9.42. The van der Waals surface area contributed by atoms with Crippen molar-refractivity contribution < 1.29 is 4.74 Å². The van der Waals surface area contributed by atoms with Crippen LogP contribution in [-0.2, 0) is 17.9 Å². The molecule has 1 aromatic rings. The van der Waals surface area contributed by atoms with Gasteiger partial charge in [-0.15, -0.1) is 0 Å². The first-order valence-electron chi connectivity index (χ1n) is 7.80. The van der Waals surface area contributed by atoms with Crippen molar-refractivity contribution in [2.75, 3.05) is 6.61 Å². The highest BCUT2D eigenvalue weighted by Crippen LogP contribution is 2.29. The smallest absolute Gasteiger partial charge is 0.0720 e. The summed E-state index contributed by atoms with van der Waals surface area (Å²) >= 11 is 0. The second-order valence-corrected chi connectivity index (χ2v) is 6.06. The third kappa shape index (κ3) is 4.05. The Kier molecular flexibility index (Phi) is 4.52. The van der Waals surface area contributed by atoms with Crippen LogP contribution in [0.4, 0.5) is 0 Å². The number of hydrogen-bond donors (Lipinski definition) is 1. The van der Waals surface area contributed by atoms with E-state index in [1.807, 2.05) is 0 Å². The number of hydrogen-bond acceptors (Lipinski definition) is 2. The van der Waals surface area contributed by atoms with Crippen LogP contribution in [0.1, 0.15) is 49.7 Å². The Bertz CT molecular complexity index is 396. The minimum atomic E-state index is 0.771. The van der Waals surface area contributed by atoms with Crippen LogP contribution in [0, 0.1) is 5.92 Å². The van der Waals surface area contributed by atoms with E-state index in [1.165, 1.54) is 49.7 Å². The number of rotatable bonds is 8. The summed E-state index contributed by atoms with van der Waals surface area (Å²) in [5.74, 6) is 0.951. The first-order valence-corrected chi connectivity index (χ1v) is 7.80. The van der Waals surface area contributed by atoms with Crippen LogP contribution in [0.15, 0.2) is 24.3 Å². The lowest BCUT2D eigenvalue weighted by Crippen LogP contribution is -2.17. The Labute approximate surface area is 116 Å². The van der Waals surface area contributed by atoms with E-state index >= 15 is 0 Å². The molecular formula is C17H25NO. The molecular weight excluding hydrogens is 234 g/mol. The lowest BCUT2D eigenvalue weighted by molar-refractivity contribution is 0.0945. The summed E-state index contributed by atoms with van der Waals surface area (Å²) in [6, 6.07) is 9.44. The fraction of sp³-hybridized carbons (Fsp3) is 0.647. The maximum atomic E-state index is 5.86. The molecule has 0 atom stereocenters. The van der Waals surface area contributed by atoms with E-state index in [-0.39, 0.29) is 0 Å². The summed E-state index contributed by atoms with van der Waals surface area (Å²) < 4.78 is 5.86. The van der Waals surface area contributed by atoms with Crippen LogP contribution in [0.3, 0.4) is 0 Å². The highest BCUT2D eigenvalue weighted by Gasteiger charge is 2.20. The molecule has 2 aliphatic carbocycles. The quantitative estimate of drug-likeness (QED) is 0.720. The van der Waals surface area contributed by atoms with Crippen LogP contribution >= 0.6 is 0 Å². The molecule has 2 heteroatoms. The topological polar surface area (TPSA) is 21.3 Å². The van der Waals surface area contributed by atoms with Gasteiger partial charge in [-0.2, -0.15) is 0 Å². The molecule has 0 unspecified atom stereocenters. The molecule has 2 nitrogen and oxygen atoms in total. The normalized spacial score (nSPS) is 19.4. The Morgan fingerprint density at radius 2 is 1.84 bits per heavy atom. The Balaban J connectivity index is 1.42. The van der Waals surface area contributed by atoms with Crippen molar-refractivity contribution in [3.05, 3.63) is 35.4 Å². The van der Waals surface area contributed by atoms with Crippen LogP contribution in [-0.4, -0.2) is 12.6 Å². The zero-order chi connectivity index (χ0) is 12.9. The molecule has 0 spiro atoms. The van der Waals surface area contributed by atoms with Gasteiger partial charge in [-0.25, -0.2) is 0 Å². The molecule has 1 N–H and O–H groups in total. The molecule has 19 heavy (non-hydrogen) atoms. The van der Waals surface area contributed by atoms with Crippen molar-refractivity contribution in [2.45, 2.75) is 57.7 Å². The van der Waals surface area contributed by atoms with Crippen molar-refractivity contribution in [1.29, 1.82) is 0 Å². The third-order valence-electron chi connectivity index (χ3n) is 4.43. The van der Waals surface area contributed by atoms with E-state index in [9.17, 15) is 0 Å². The third-order valence-corrected chi connectivity index (χ3v) is 4.43. The maximum Gasteiger partial charge on any atom is 0.0720 e. The maximum absolute atomic E-state index is 5.86. The SMILES string of the molecule is c1ccc(COCCC2CCC2)c(CNC2CC2)c1. The zero-order valence-corrected chi connectivity index (χ0v) is 11.7. The van der Waals surface area contributed by atoms with Gasteiger partial charge in [-0.3, -0.25) is 0 Å². The first kappa shape index (κ1) is 13.1. The molecule has 0 aliphatic heterocycles. The van der Waals surface area contributed by atoms with Gasteiger partial charge < -0.3 is 10.1 Å². The molecule has 0 heterocycles. The van der Waals surface area contributed by atoms with E-state index in [0.717, 1.165) is 31.7 Å². The summed E-state index contributed by atoms with van der Waals surface area (Å²) in [6.07, 6.45) is 8.22. The van der Waals surface area contributed by atoms with Gasteiger partial charge in [-0.1, -0.05) is 43.5 Å². The van der Waals surface area contributed by atoms with Gasteiger partial charge in [0.15, 0.2) is 0 Å². The van der Waals surface area contributed by atoms with E-state index in [0.29, 0.717) is 0 Å². The van der Waals surface area contributed by atoms with E-state index in [4.69, 9.17) is 4.74 Å². The predicted molar refractivity (Wildman–Crippen MR) is 77.9 cm³/mol. The van der Waals surface area contributed by atoms with Crippen molar-refractivity contribution in [3.8, 4) is 0 Å². The average Bonchev–Trinajstić information content (AvgIpc) is 3.19. The number of benzene rings is 1. The molecule has 2 saturated carbocycles. The molecule has 0 radical (unpaired) electrons. The summed E-state index contributed by atoms with van der Waals surface area (Å²) in [6.45, 7) is 2.69. The highest BCUT2D eigenvalue weighted by atomic mass is 16.5. The lowest BCUT2D eigenvalue weighted by atomic mass is 9.83. The summed E-state index contributed by atoms with van der Waals surface area (Å²) in [5.41, 5.74) is 2.75. The standard InChI is InChI=1S/C17H25NO/c1-2-7-16(13-19-11-10-14-4-3-5-14)15(6-1)12-18-17-8-9-17/h1-2,6-7,14,17-18H,3-5,8-13H2. The highest BCUT2D eigenvalue weighted by molar-refractivity contribution is 5.26. The predicted octanol–water partition coefficient (Wildman–Crippen LogP) is 3.65. The van der Waals surface area contributed by atoms with Gasteiger partial charge in [0, 0.05) is 19.2 Å². The number of nitrogens with one attached hydrogen (secondary N) is 1. The summed E-state index contributed by atoms with van der Waals surface area (Å²) in [4.78, 5) is 0. The molecule has 2 aliphatic rings. The van der Waals surface area contributed by atoms with Crippen molar-refractivity contribution >= 4 is 0 Å². The zero-order valence-electron chi connectivity index (χ0n) is 11.7. The van der Waals surface area contributed by atoms with Crippen LogP contribution in [0.25, 0.3) is 0 Å². The van der Waals surface area contributed by atoms with Crippen molar-refractivity contribution in [2.24, 2.45) is 5.92 Å². The molecule has 0 aromatic heterocycles. The lowest BCUT2D eigenvalue weighted by Gasteiger charge is -2.25. The molecule has 0 saturated heterocycles. The van der Waals surface area contributed by atoms with Gasteiger partial charge in [0.05, 0.1) is 6.61 Å². The molecule has 0 amide bonds. The fourth-order valence-corrected chi connectivity index (χ4v) is 2.63. The molecule has 0 bridgehead atoms. The van der Waals surface area contributed by atoms with E-state index in [2.05, 4.69) is 29.6 Å². The van der Waals surface area contributed by atoms with Crippen molar-refractivity contribution in [3.63, 3.8) is 0 Å². The van der Waals surface area contributed by atoms with Crippen LogP contribution < -0.4 is 5.32 Å².